The molecule has 142 valence electrons. The maximum Gasteiger partial charge on any atom is 0.261 e. The van der Waals surface area contributed by atoms with Crippen LogP contribution in [0.15, 0.2) is 36.4 Å². The lowest BCUT2D eigenvalue weighted by Crippen LogP contribution is -2.24. The summed E-state index contributed by atoms with van der Waals surface area (Å²) in [6.45, 7) is 0.627. The van der Waals surface area contributed by atoms with Crippen LogP contribution in [0.4, 0.5) is 11.4 Å². The third kappa shape index (κ3) is 2.93. The molecule has 2 aromatic rings. The number of fused-ring (bicyclic) bond motifs is 1. The van der Waals surface area contributed by atoms with E-state index in [2.05, 4.69) is 5.32 Å². The lowest BCUT2D eigenvalue weighted by molar-refractivity contribution is -0.117. The SMILES string of the molecule is CN1C(=O)c2ccc(C(=O)Nc3cc(N4CCCC4=O)ccc3Cl)cc2C1=O. The zero-order chi connectivity index (χ0) is 20.0. The molecule has 1 saturated heterocycles. The smallest absolute Gasteiger partial charge is 0.261 e. The van der Waals surface area contributed by atoms with E-state index in [0.717, 1.165) is 11.3 Å². The van der Waals surface area contributed by atoms with E-state index >= 15 is 0 Å². The van der Waals surface area contributed by atoms with Gasteiger partial charge in [-0.05, 0) is 42.8 Å². The van der Waals surface area contributed by atoms with Crippen LogP contribution in [0.5, 0.6) is 0 Å². The first-order chi connectivity index (χ1) is 13.4. The van der Waals surface area contributed by atoms with Gasteiger partial charge in [-0.2, -0.15) is 0 Å². The second kappa shape index (κ2) is 6.76. The number of carbonyl (C=O) groups excluding carboxylic acids is 4. The maximum absolute atomic E-state index is 12.7. The fourth-order valence-corrected chi connectivity index (χ4v) is 3.56. The molecule has 2 aromatic carbocycles. The van der Waals surface area contributed by atoms with Gasteiger partial charge in [-0.15, -0.1) is 0 Å². The third-order valence-corrected chi connectivity index (χ3v) is 5.26. The molecule has 0 spiro atoms. The Hall–Kier alpha value is -3.19. The molecular weight excluding hydrogens is 382 g/mol. The summed E-state index contributed by atoms with van der Waals surface area (Å²) >= 11 is 6.20. The third-order valence-electron chi connectivity index (χ3n) is 4.94. The number of nitrogens with one attached hydrogen (secondary N) is 1. The highest BCUT2D eigenvalue weighted by atomic mass is 35.5. The Kier molecular flexibility index (Phi) is 4.39. The molecule has 4 amide bonds. The first-order valence-electron chi connectivity index (χ1n) is 8.74. The van der Waals surface area contributed by atoms with Crippen molar-refractivity contribution in [1.82, 2.24) is 4.90 Å². The molecule has 2 aliphatic heterocycles. The quantitative estimate of drug-likeness (QED) is 0.807. The fourth-order valence-electron chi connectivity index (χ4n) is 3.40. The van der Waals surface area contributed by atoms with E-state index in [-0.39, 0.29) is 22.6 Å². The molecule has 4 rings (SSSR count). The molecule has 1 N–H and O–H groups in total. The first kappa shape index (κ1) is 18.2. The summed E-state index contributed by atoms with van der Waals surface area (Å²) in [5.74, 6) is -1.27. The lowest BCUT2D eigenvalue weighted by atomic mass is 10.1. The van der Waals surface area contributed by atoms with Crippen LogP contribution in [-0.4, -0.2) is 42.1 Å². The van der Waals surface area contributed by atoms with E-state index < -0.39 is 17.7 Å². The second-order valence-electron chi connectivity index (χ2n) is 6.70. The summed E-state index contributed by atoms with van der Waals surface area (Å²) in [6, 6.07) is 9.36. The second-order valence-corrected chi connectivity index (χ2v) is 7.10. The summed E-state index contributed by atoms with van der Waals surface area (Å²) in [6.07, 6.45) is 1.29. The van der Waals surface area contributed by atoms with Gasteiger partial charge in [0, 0.05) is 31.3 Å². The Balaban J connectivity index is 1.60. The Morgan fingerprint density at radius 1 is 1.04 bits per heavy atom. The van der Waals surface area contributed by atoms with Crippen molar-refractivity contribution in [3.05, 3.63) is 58.1 Å². The number of halogens is 1. The van der Waals surface area contributed by atoms with Gasteiger partial charge in [-0.1, -0.05) is 11.6 Å². The van der Waals surface area contributed by atoms with Crippen LogP contribution in [0.25, 0.3) is 0 Å². The van der Waals surface area contributed by atoms with Crippen molar-refractivity contribution in [1.29, 1.82) is 0 Å². The van der Waals surface area contributed by atoms with E-state index in [9.17, 15) is 19.2 Å². The van der Waals surface area contributed by atoms with Gasteiger partial charge < -0.3 is 10.2 Å². The number of carbonyl (C=O) groups is 4. The largest absolute Gasteiger partial charge is 0.321 e. The number of imide groups is 1. The molecule has 0 bridgehead atoms. The summed E-state index contributed by atoms with van der Waals surface area (Å²) in [7, 11) is 1.40. The zero-order valence-corrected chi connectivity index (χ0v) is 15.7. The molecule has 0 aromatic heterocycles. The van der Waals surface area contributed by atoms with Crippen molar-refractivity contribution in [2.24, 2.45) is 0 Å². The molecule has 0 radical (unpaired) electrons. The number of rotatable bonds is 3. The molecule has 2 aliphatic rings. The predicted octanol–water partition coefficient (Wildman–Crippen LogP) is 2.94. The van der Waals surface area contributed by atoms with Crippen molar-refractivity contribution in [3.63, 3.8) is 0 Å². The Bertz CT molecular complexity index is 1050. The van der Waals surface area contributed by atoms with E-state index in [1.165, 1.54) is 25.2 Å². The van der Waals surface area contributed by atoms with Gasteiger partial charge in [-0.25, -0.2) is 0 Å². The van der Waals surface area contributed by atoms with Crippen molar-refractivity contribution in [3.8, 4) is 0 Å². The monoisotopic (exact) mass is 397 g/mol. The normalized spacial score (nSPS) is 16.0. The average molecular weight is 398 g/mol. The van der Waals surface area contributed by atoms with Crippen molar-refractivity contribution in [2.75, 3.05) is 23.8 Å². The average Bonchev–Trinajstić information content (AvgIpc) is 3.21. The van der Waals surface area contributed by atoms with Gasteiger partial charge in [-0.3, -0.25) is 24.1 Å². The number of nitrogens with zero attached hydrogens (tertiary/aromatic N) is 2. The minimum absolute atomic E-state index is 0.0329. The van der Waals surface area contributed by atoms with Crippen LogP contribution < -0.4 is 10.2 Å². The lowest BCUT2D eigenvalue weighted by Gasteiger charge is -2.17. The minimum Gasteiger partial charge on any atom is -0.321 e. The van der Waals surface area contributed by atoms with Crippen molar-refractivity contribution in [2.45, 2.75) is 12.8 Å². The number of amides is 4. The topological polar surface area (TPSA) is 86.8 Å². The standard InChI is InChI=1S/C20H16ClN3O4/c1-23-19(27)13-6-4-11(9-14(13)20(23)28)18(26)22-16-10-12(5-7-15(16)21)24-8-2-3-17(24)25/h4-7,9-10H,2-3,8H2,1H3,(H,22,26). The van der Waals surface area contributed by atoms with E-state index in [0.29, 0.717) is 29.4 Å². The molecule has 0 atom stereocenters. The van der Waals surface area contributed by atoms with E-state index in [1.54, 1.807) is 23.1 Å². The highest BCUT2D eigenvalue weighted by molar-refractivity contribution is 6.34. The van der Waals surface area contributed by atoms with Gasteiger partial charge in [0.05, 0.1) is 21.8 Å². The van der Waals surface area contributed by atoms with Crippen molar-refractivity contribution < 1.29 is 19.2 Å². The molecule has 7 nitrogen and oxygen atoms in total. The van der Waals surface area contributed by atoms with Gasteiger partial charge in [0.25, 0.3) is 17.7 Å². The Morgan fingerprint density at radius 2 is 1.79 bits per heavy atom. The van der Waals surface area contributed by atoms with Crippen LogP contribution >= 0.6 is 11.6 Å². The molecule has 8 heteroatoms. The van der Waals surface area contributed by atoms with Crippen LogP contribution in [0.3, 0.4) is 0 Å². The molecule has 0 aliphatic carbocycles. The first-order valence-corrected chi connectivity index (χ1v) is 9.12. The van der Waals surface area contributed by atoms with Crippen LogP contribution in [0, 0.1) is 0 Å². The molecule has 0 unspecified atom stereocenters. The molecule has 0 saturated carbocycles. The van der Waals surface area contributed by atoms with E-state index in [4.69, 9.17) is 11.6 Å². The van der Waals surface area contributed by atoms with Crippen LogP contribution in [0.1, 0.15) is 43.9 Å². The summed E-state index contributed by atoms with van der Waals surface area (Å²) < 4.78 is 0. The molecule has 28 heavy (non-hydrogen) atoms. The van der Waals surface area contributed by atoms with E-state index in [1.807, 2.05) is 0 Å². The zero-order valence-electron chi connectivity index (χ0n) is 15.0. The van der Waals surface area contributed by atoms with Gasteiger partial charge in [0.15, 0.2) is 0 Å². The number of anilines is 2. The summed E-state index contributed by atoms with van der Waals surface area (Å²) in [4.78, 5) is 51.4. The Labute approximate surface area is 165 Å². The Morgan fingerprint density at radius 3 is 2.50 bits per heavy atom. The minimum atomic E-state index is -0.468. The van der Waals surface area contributed by atoms with Crippen LogP contribution in [-0.2, 0) is 4.79 Å². The number of hydrogen-bond acceptors (Lipinski definition) is 4. The predicted molar refractivity (Wildman–Crippen MR) is 104 cm³/mol. The van der Waals surface area contributed by atoms with Crippen LogP contribution in [0.2, 0.25) is 5.02 Å². The van der Waals surface area contributed by atoms with Crippen molar-refractivity contribution >= 4 is 46.6 Å². The summed E-state index contributed by atoms with van der Waals surface area (Å²) in [5.41, 5.74) is 1.73. The molecule has 1 fully saturated rings. The van der Waals surface area contributed by atoms with Gasteiger partial charge in [0.2, 0.25) is 5.91 Å². The number of benzene rings is 2. The molecular formula is C20H16ClN3O4. The highest BCUT2D eigenvalue weighted by Gasteiger charge is 2.33. The van der Waals surface area contributed by atoms with Gasteiger partial charge in [0.1, 0.15) is 0 Å². The number of hydrogen-bond donors (Lipinski definition) is 1. The molecule has 2 heterocycles. The maximum atomic E-state index is 12.7. The van der Waals surface area contributed by atoms with Gasteiger partial charge >= 0.3 is 0 Å². The highest BCUT2D eigenvalue weighted by Crippen LogP contribution is 2.30. The fraction of sp³-hybridized carbons (Fsp3) is 0.200. The summed E-state index contributed by atoms with van der Waals surface area (Å²) in [5, 5.41) is 3.04.